The molecule has 0 bridgehead atoms. The minimum Gasteiger partial charge on any atom is -0.469 e. The molecule has 0 saturated heterocycles. The number of aromatic nitrogens is 3. The van der Waals surface area contributed by atoms with Gasteiger partial charge in [0.25, 0.3) is 0 Å². The van der Waals surface area contributed by atoms with Crippen molar-refractivity contribution >= 4 is 11.9 Å². The number of hydrogen-bond donors (Lipinski definition) is 0. The van der Waals surface area contributed by atoms with Crippen LogP contribution in [0.3, 0.4) is 0 Å². The average molecular weight is 698 g/mol. The summed E-state index contributed by atoms with van der Waals surface area (Å²) in [5.74, 6) is -0.497. The molecule has 7 heteroatoms. The Bertz CT molecular complexity index is 2160. The van der Waals surface area contributed by atoms with Crippen molar-refractivity contribution in [2.24, 2.45) is 0 Å². The first-order chi connectivity index (χ1) is 26.0. The molecule has 3 aromatic carbocycles. The number of fused-ring (bicyclic) bond motifs is 9. The number of carbonyl (C=O) groups is 2. The summed E-state index contributed by atoms with van der Waals surface area (Å²) in [4.78, 5) is 41.3. The Hall–Kier alpha value is -5.95. The topological polar surface area (TPSA) is 91.3 Å². The zero-order valence-corrected chi connectivity index (χ0v) is 29.8. The third-order valence-electron chi connectivity index (χ3n) is 12.2. The second-order valence-electron chi connectivity index (χ2n) is 14.6. The first-order valence-electron chi connectivity index (χ1n) is 18.3. The van der Waals surface area contributed by atoms with Crippen LogP contribution in [0.5, 0.6) is 0 Å². The van der Waals surface area contributed by atoms with Crippen LogP contribution in [0.1, 0.15) is 71.9 Å². The molecule has 3 aliphatic rings. The van der Waals surface area contributed by atoms with E-state index < -0.39 is 16.2 Å². The Morgan fingerprint density at radius 3 is 1.15 bits per heavy atom. The number of hydrogen-bond acceptors (Lipinski definition) is 7. The third-order valence-corrected chi connectivity index (χ3v) is 12.2. The van der Waals surface area contributed by atoms with E-state index >= 15 is 0 Å². The van der Waals surface area contributed by atoms with E-state index in [2.05, 4.69) is 91.0 Å². The van der Waals surface area contributed by atoms with Crippen LogP contribution in [0.15, 0.2) is 128 Å². The number of benzene rings is 3. The van der Waals surface area contributed by atoms with E-state index in [1.807, 2.05) is 36.8 Å². The molecule has 0 saturated carbocycles. The number of methoxy groups -OCH3 is 2. The monoisotopic (exact) mass is 697 g/mol. The van der Waals surface area contributed by atoms with E-state index in [1.165, 1.54) is 19.8 Å². The smallest absolute Gasteiger partial charge is 0.305 e. The SMILES string of the molecule is COC(=O)CCC1(CC2(CC3(CCC(=O)OC)c4ccccc4-c4ncccc43)c3ccccc3-c3ncccc32)c2ccccc2-c2ncccc21. The fourth-order valence-electron chi connectivity index (χ4n) is 10.2. The summed E-state index contributed by atoms with van der Waals surface area (Å²) in [6, 6.07) is 38.4. The van der Waals surface area contributed by atoms with Gasteiger partial charge in [-0.1, -0.05) is 91.0 Å². The molecule has 2 unspecified atom stereocenters. The quantitative estimate of drug-likeness (QED) is 0.132. The van der Waals surface area contributed by atoms with Crippen molar-refractivity contribution < 1.29 is 19.1 Å². The van der Waals surface area contributed by atoms with E-state index in [-0.39, 0.29) is 24.8 Å². The first-order valence-corrected chi connectivity index (χ1v) is 18.3. The number of ether oxygens (including phenoxy) is 2. The molecule has 0 amide bonds. The fraction of sp³-hybridized carbons (Fsp3) is 0.239. The van der Waals surface area contributed by atoms with Crippen molar-refractivity contribution in [1.82, 2.24) is 15.0 Å². The lowest BCUT2D eigenvalue weighted by Crippen LogP contribution is -2.43. The van der Waals surface area contributed by atoms with Crippen LogP contribution in [0, 0.1) is 0 Å². The summed E-state index contributed by atoms with van der Waals surface area (Å²) >= 11 is 0. The van der Waals surface area contributed by atoms with Crippen LogP contribution in [0.25, 0.3) is 33.8 Å². The Balaban J connectivity index is 1.36. The molecule has 3 aromatic heterocycles. The Morgan fingerprint density at radius 2 is 0.774 bits per heavy atom. The van der Waals surface area contributed by atoms with Crippen LogP contribution in [0.2, 0.25) is 0 Å². The summed E-state index contributed by atoms with van der Waals surface area (Å²) in [7, 11) is 2.91. The fourth-order valence-corrected chi connectivity index (χ4v) is 10.2. The summed E-state index contributed by atoms with van der Waals surface area (Å²) in [6.07, 6.45) is 8.36. The van der Waals surface area contributed by atoms with Gasteiger partial charge in [0.05, 0.1) is 31.3 Å². The van der Waals surface area contributed by atoms with Gasteiger partial charge in [-0.2, -0.15) is 0 Å². The number of carbonyl (C=O) groups excluding carboxylic acids is 2. The Labute approximate surface area is 309 Å². The van der Waals surface area contributed by atoms with Crippen LogP contribution in [-0.2, 0) is 35.3 Å². The van der Waals surface area contributed by atoms with Gasteiger partial charge in [0.2, 0.25) is 0 Å². The van der Waals surface area contributed by atoms with Crippen LogP contribution < -0.4 is 0 Å². The molecule has 3 aliphatic carbocycles. The van der Waals surface area contributed by atoms with Gasteiger partial charge in [0, 0.05) is 64.4 Å². The molecule has 7 nitrogen and oxygen atoms in total. The number of pyridine rings is 3. The Kier molecular flexibility index (Phi) is 7.84. The molecule has 2 atom stereocenters. The lowest BCUT2D eigenvalue weighted by Gasteiger charge is -2.47. The highest BCUT2D eigenvalue weighted by Crippen LogP contribution is 2.65. The minimum absolute atomic E-state index is 0.236. The lowest BCUT2D eigenvalue weighted by molar-refractivity contribution is -0.141. The predicted octanol–water partition coefficient (Wildman–Crippen LogP) is 8.76. The summed E-state index contributed by atoms with van der Waals surface area (Å²) in [5, 5.41) is 0. The highest BCUT2D eigenvalue weighted by Gasteiger charge is 2.58. The zero-order chi connectivity index (χ0) is 36.2. The molecule has 9 rings (SSSR count). The van der Waals surface area contributed by atoms with E-state index in [9.17, 15) is 9.59 Å². The van der Waals surface area contributed by atoms with Crippen molar-refractivity contribution in [3.05, 3.63) is 161 Å². The van der Waals surface area contributed by atoms with Crippen molar-refractivity contribution in [3.63, 3.8) is 0 Å². The number of esters is 2. The van der Waals surface area contributed by atoms with Gasteiger partial charge in [0.15, 0.2) is 0 Å². The van der Waals surface area contributed by atoms with Crippen molar-refractivity contribution in [3.8, 4) is 33.8 Å². The summed E-state index contributed by atoms with van der Waals surface area (Å²) < 4.78 is 10.6. The lowest BCUT2D eigenvalue weighted by atomic mass is 9.55. The zero-order valence-electron chi connectivity index (χ0n) is 29.8. The first kappa shape index (κ1) is 32.9. The van der Waals surface area contributed by atoms with Gasteiger partial charge < -0.3 is 9.47 Å². The van der Waals surface area contributed by atoms with Crippen molar-refractivity contribution in [2.45, 2.75) is 54.8 Å². The van der Waals surface area contributed by atoms with Crippen LogP contribution >= 0.6 is 0 Å². The second kappa shape index (κ2) is 12.6. The molecule has 3 heterocycles. The van der Waals surface area contributed by atoms with Gasteiger partial charge in [-0.3, -0.25) is 24.5 Å². The van der Waals surface area contributed by atoms with Crippen LogP contribution in [-0.4, -0.2) is 41.1 Å². The average Bonchev–Trinajstić information content (AvgIpc) is 3.76. The van der Waals surface area contributed by atoms with Crippen molar-refractivity contribution in [2.75, 3.05) is 14.2 Å². The molecule has 0 fully saturated rings. The molecule has 0 aliphatic heterocycles. The molecular formula is C46H39N3O4. The van der Waals surface area contributed by atoms with Gasteiger partial charge >= 0.3 is 11.9 Å². The van der Waals surface area contributed by atoms with Gasteiger partial charge in [-0.05, 0) is 77.3 Å². The summed E-state index contributed by atoms with van der Waals surface area (Å²) in [6.45, 7) is 0. The molecule has 262 valence electrons. The van der Waals surface area contributed by atoms with Crippen molar-refractivity contribution in [1.29, 1.82) is 0 Å². The van der Waals surface area contributed by atoms with E-state index in [0.717, 1.165) is 61.6 Å². The maximum Gasteiger partial charge on any atom is 0.305 e. The number of rotatable bonds is 10. The second-order valence-corrected chi connectivity index (χ2v) is 14.6. The summed E-state index contributed by atoms with van der Waals surface area (Å²) in [5.41, 5.74) is 11.1. The van der Waals surface area contributed by atoms with Gasteiger partial charge in [-0.25, -0.2) is 0 Å². The predicted molar refractivity (Wildman–Crippen MR) is 203 cm³/mol. The minimum atomic E-state index is -0.651. The molecule has 53 heavy (non-hydrogen) atoms. The molecule has 0 radical (unpaired) electrons. The molecule has 0 N–H and O–H groups in total. The van der Waals surface area contributed by atoms with Crippen LogP contribution in [0.4, 0.5) is 0 Å². The normalized spacial score (nSPS) is 21.1. The maximum absolute atomic E-state index is 13.1. The highest BCUT2D eigenvalue weighted by atomic mass is 16.5. The van der Waals surface area contributed by atoms with Gasteiger partial charge in [0.1, 0.15) is 0 Å². The molecule has 6 aromatic rings. The standard InChI is InChI=1S/C46H39N3O4/c1-52-39(50)21-23-44(33-15-6-3-12-30(33)41-36(44)18-9-25-47-41)28-46(35-17-8-5-14-32(35)43-38(46)20-11-27-49-43)29-45(24-22-40(51)53-2)34-16-7-4-13-31(34)42-37(45)19-10-26-48-42/h3-20,25-27H,21-24,28-29H2,1-2H3. The van der Waals surface area contributed by atoms with E-state index in [4.69, 9.17) is 24.4 Å². The van der Waals surface area contributed by atoms with Gasteiger partial charge in [-0.15, -0.1) is 0 Å². The molecule has 0 spiro atoms. The maximum atomic E-state index is 13.1. The molecular weight excluding hydrogens is 659 g/mol. The number of nitrogens with zero attached hydrogens (tertiary/aromatic N) is 3. The Morgan fingerprint density at radius 1 is 0.453 bits per heavy atom. The highest BCUT2D eigenvalue weighted by molar-refractivity contribution is 5.84. The largest absolute Gasteiger partial charge is 0.469 e. The van der Waals surface area contributed by atoms with E-state index in [0.29, 0.717) is 25.7 Å². The van der Waals surface area contributed by atoms with E-state index in [1.54, 1.807) is 0 Å². The third kappa shape index (κ3) is 4.83.